The number of ether oxygens (including phenoxy) is 3. The van der Waals surface area contributed by atoms with Crippen LogP contribution in [0.25, 0.3) is 0 Å². The topological polar surface area (TPSA) is 99.2 Å². The number of ketones is 1. The minimum atomic E-state index is -3.71. The molecule has 8 nitrogen and oxygen atoms in total. The summed E-state index contributed by atoms with van der Waals surface area (Å²) in [6.07, 6.45) is -1.41. The molecule has 3 rings (SSSR count). The van der Waals surface area contributed by atoms with Gasteiger partial charge in [0.2, 0.25) is 15.8 Å². The monoisotopic (exact) mass is 475 g/mol. The van der Waals surface area contributed by atoms with Crippen LogP contribution in [0, 0.1) is 0 Å². The van der Waals surface area contributed by atoms with Gasteiger partial charge in [0.05, 0.1) is 29.3 Å². The van der Waals surface area contributed by atoms with Crippen LogP contribution in [-0.4, -0.2) is 62.5 Å². The van der Waals surface area contributed by atoms with Crippen molar-refractivity contribution in [2.45, 2.75) is 50.9 Å². The van der Waals surface area contributed by atoms with E-state index in [-0.39, 0.29) is 41.5 Å². The lowest BCUT2D eigenvalue weighted by molar-refractivity contribution is -0.0440. The second-order valence-corrected chi connectivity index (χ2v) is 9.91. The highest BCUT2D eigenvalue weighted by molar-refractivity contribution is 7.89. The van der Waals surface area contributed by atoms with Crippen LogP contribution < -0.4 is 4.74 Å². The fourth-order valence-corrected chi connectivity index (χ4v) is 5.23. The highest BCUT2D eigenvalue weighted by Crippen LogP contribution is 2.22. The summed E-state index contributed by atoms with van der Waals surface area (Å²) in [5.74, 6) is -0.407. The summed E-state index contributed by atoms with van der Waals surface area (Å²) < 4.78 is 43.5. The van der Waals surface area contributed by atoms with E-state index < -0.39 is 22.1 Å². The van der Waals surface area contributed by atoms with E-state index >= 15 is 0 Å². The Morgan fingerprint density at radius 1 is 1.00 bits per heavy atom. The second kappa shape index (κ2) is 10.5. The highest BCUT2D eigenvalue weighted by atomic mass is 32.2. The number of carbonyl (C=O) groups is 2. The summed E-state index contributed by atoms with van der Waals surface area (Å²) in [4.78, 5) is 25.2. The predicted octanol–water partition coefficient (Wildman–Crippen LogP) is 3.31. The number of rotatable bonds is 8. The van der Waals surface area contributed by atoms with Crippen LogP contribution in [0.3, 0.4) is 0 Å². The normalized spacial score (nSPS) is 20.1. The summed E-state index contributed by atoms with van der Waals surface area (Å²) in [6, 6.07) is 12.1. The molecule has 0 N–H and O–H groups in total. The van der Waals surface area contributed by atoms with Gasteiger partial charge in [0.25, 0.3) is 0 Å². The van der Waals surface area contributed by atoms with E-state index in [1.165, 1.54) is 35.5 Å². The Hall–Kier alpha value is -2.75. The van der Waals surface area contributed by atoms with Gasteiger partial charge in [0.1, 0.15) is 5.75 Å². The zero-order valence-corrected chi connectivity index (χ0v) is 20.0. The Morgan fingerprint density at radius 2 is 1.55 bits per heavy atom. The van der Waals surface area contributed by atoms with Crippen molar-refractivity contribution < 1.29 is 32.2 Å². The van der Waals surface area contributed by atoms with Crippen molar-refractivity contribution in [3.63, 3.8) is 0 Å². The maximum atomic E-state index is 12.9. The third-order valence-electron chi connectivity index (χ3n) is 5.22. The zero-order valence-electron chi connectivity index (χ0n) is 19.2. The molecule has 2 aromatic carbocycles. The van der Waals surface area contributed by atoms with E-state index in [0.29, 0.717) is 17.9 Å². The number of esters is 1. The van der Waals surface area contributed by atoms with Gasteiger partial charge in [-0.25, -0.2) is 13.2 Å². The molecule has 2 aromatic rings. The van der Waals surface area contributed by atoms with Gasteiger partial charge in [-0.3, -0.25) is 4.79 Å². The molecule has 0 aliphatic carbocycles. The first-order valence-corrected chi connectivity index (χ1v) is 12.3. The Morgan fingerprint density at radius 3 is 2.09 bits per heavy atom. The van der Waals surface area contributed by atoms with Gasteiger partial charge in [-0.15, -0.1) is 0 Å². The predicted molar refractivity (Wildman–Crippen MR) is 122 cm³/mol. The number of benzene rings is 2. The summed E-state index contributed by atoms with van der Waals surface area (Å²) in [7, 11) is -3.71. The third kappa shape index (κ3) is 5.98. The molecule has 178 valence electrons. The first kappa shape index (κ1) is 24.9. The molecule has 3 atom stereocenters. The van der Waals surface area contributed by atoms with Crippen LogP contribution in [0.15, 0.2) is 53.4 Å². The molecule has 1 saturated heterocycles. The van der Waals surface area contributed by atoms with Crippen molar-refractivity contribution >= 4 is 21.8 Å². The van der Waals surface area contributed by atoms with Crippen molar-refractivity contribution in [1.82, 2.24) is 4.31 Å². The smallest absolute Gasteiger partial charge is 0.338 e. The molecular formula is C24H29NO7S. The Bertz CT molecular complexity index is 1070. The molecule has 0 aromatic heterocycles. The van der Waals surface area contributed by atoms with Crippen LogP contribution in [0.2, 0.25) is 0 Å². The Balaban J connectivity index is 1.65. The molecule has 0 spiro atoms. The van der Waals surface area contributed by atoms with Crippen LogP contribution in [0.4, 0.5) is 0 Å². The molecule has 1 aliphatic heterocycles. The molecular weight excluding hydrogens is 446 g/mol. The fourth-order valence-electron chi connectivity index (χ4n) is 3.64. The molecule has 0 radical (unpaired) electrons. The van der Waals surface area contributed by atoms with Gasteiger partial charge in [-0.05, 0) is 76.2 Å². The van der Waals surface area contributed by atoms with E-state index in [2.05, 4.69) is 0 Å². The molecule has 0 amide bonds. The summed E-state index contributed by atoms with van der Waals surface area (Å²) in [5.41, 5.74) is 0.554. The largest absolute Gasteiger partial charge is 0.494 e. The van der Waals surface area contributed by atoms with Gasteiger partial charge in [0.15, 0.2) is 6.10 Å². The van der Waals surface area contributed by atoms with Crippen LogP contribution in [0.1, 0.15) is 48.4 Å². The number of hydrogen-bond donors (Lipinski definition) is 0. The molecule has 0 bridgehead atoms. The number of hydrogen-bond acceptors (Lipinski definition) is 7. The maximum Gasteiger partial charge on any atom is 0.338 e. The number of morpholine rings is 1. The highest BCUT2D eigenvalue weighted by Gasteiger charge is 2.32. The van der Waals surface area contributed by atoms with Gasteiger partial charge >= 0.3 is 5.97 Å². The molecule has 0 saturated carbocycles. The molecule has 1 fully saturated rings. The number of carbonyl (C=O) groups excluding carboxylic acids is 2. The quantitative estimate of drug-likeness (QED) is 0.427. The lowest BCUT2D eigenvalue weighted by Crippen LogP contribution is -2.48. The minimum Gasteiger partial charge on any atom is -0.494 e. The van der Waals surface area contributed by atoms with E-state index in [0.717, 1.165) is 0 Å². The zero-order chi connectivity index (χ0) is 24.2. The standard InChI is InChI=1S/C24H29NO7S/c1-5-30-21-10-6-19(7-11-21)23(26)18(4)32-24(27)20-8-12-22(13-9-20)33(28,29)25-14-16(2)31-17(3)15-25/h6-13,16-18H,5,14-15H2,1-4H3/t16-,17+,18-/m1/s1. The molecule has 33 heavy (non-hydrogen) atoms. The van der Waals surface area contributed by atoms with Crippen LogP contribution >= 0.6 is 0 Å². The van der Waals surface area contributed by atoms with Crippen molar-refractivity contribution in [3.05, 3.63) is 59.7 Å². The summed E-state index contributed by atoms with van der Waals surface area (Å²) in [5, 5.41) is 0. The van der Waals surface area contributed by atoms with E-state index in [4.69, 9.17) is 14.2 Å². The number of nitrogens with zero attached hydrogens (tertiary/aromatic N) is 1. The average Bonchev–Trinajstić information content (AvgIpc) is 2.78. The summed E-state index contributed by atoms with van der Waals surface area (Å²) in [6.45, 7) is 8.07. The first-order valence-electron chi connectivity index (χ1n) is 10.9. The van der Waals surface area contributed by atoms with Crippen molar-refractivity contribution in [2.75, 3.05) is 19.7 Å². The van der Waals surface area contributed by atoms with Crippen LogP contribution in [0.5, 0.6) is 5.75 Å². The van der Waals surface area contributed by atoms with Crippen molar-refractivity contribution in [3.8, 4) is 5.75 Å². The van der Waals surface area contributed by atoms with Gasteiger partial charge in [-0.2, -0.15) is 4.31 Å². The second-order valence-electron chi connectivity index (χ2n) is 7.97. The summed E-state index contributed by atoms with van der Waals surface area (Å²) >= 11 is 0. The lowest BCUT2D eigenvalue weighted by Gasteiger charge is -2.34. The SMILES string of the molecule is CCOc1ccc(C(=O)[C@@H](C)OC(=O)c2ccc(S(=O)(=O)N3C[C@@H](C)O[C@@H](C)C3)cc2)cc1. The fraction of sp³-hybridized carbons (Fsp3) is 0.417. The Labute approximate surface area is 194 Å². The molecule has 1 aliphatic rings. The van der Waals surface area contributed by atoms with E-state index in [1.807, 2.05) is 20.8 Å². The minimum absolute atomic E-state index is 0.0823. The van der Waals surface area contributed by atoms with Crippen LogP contribution in [-0.2, 0) is 19.5 Å². The lowest BCUT2D eigenvalue weighted by atomic mass is 10.1. The first-order chi connectivity index (χ1) is 15.6. The average molecular weight is 476 g/mol. The van der Waals surface area contributed by atoms with Crippen molar-refractivity contribution in [2.24, 2.45) is 0 Å². The molecule has 9 heteroatoms. The van der Waals surface area contributed by atoms with Gasteiger partial charge < -0.3 is 14.2 Å². The molecule has 1 heterocycles. The van der Waals surface area contributed by atoms with E-state index in [9.17, 15) is 18.0 Å². The number of Topliss-reactive ketones (excluding diaryl/α,β-unsaturated/α-hetero) is 1. The third-order valence-corrected chi connectivity index (χ3v) is 7.06. The number of sulfonamides is 1. The van der Waals surface area contributed by atoms with Gasteiger partial charge in [0, 0.05) is 18.7 Å². The Kier molecular flexibility index (Phi) is 7.88. The van der Waals surface area contributed by atoms with Gasteiger partial charge in [-0.1, -0.05) is 0 Å². The molecule has 0 unspecified atom stereocenters. The maximum absolute atomic E-state index is 12.9. The van der Waals surface area contributed by atoms with Crippen molar-refractivity contribution in [1.29, 1.82) is 0 Å². The van der Waals surface area contributed by atoms with E-state index in [1.54, 1.807) is 24.3 Å².